The number of nitrogens with one attached hydrogen (secondary N) is 2. The number of hydrogen-bond acceptors (Lipinski definition) is 6. The number of fused-ring (bicyclic) bond motifs is 1. The molecule has 2 heterocycles. The minimum absolute atomic E-state index is 0.284. The first kappa shape index (κ1) is 27.3. The molecule has 5 aromatic rings. The van der Waals surface area contributed by atoms with E-state index in [2.05, 4.69) is 69.8 Å². The van der Waals surface area contributed by atoms with Gasteiger partial charge in [-0.25, -0.2) is 14.4 Å². The Hall–Kier alpha value is -4.88. The molecular weight excluding hydrogens is 525 g/mol. The summed E-state index contributed by atoms with van der Waals surface area (Å²) in [6, 6.07) is 17.7. The van der Waals surface area contributed by atoms with Crippen LogP contribution in [0.2, 0.25) is 0 Å². The molecule has 42 heavy (non-hydrogen) atoms. The number of benzene rings is 3. The van der Waals surface area contributed by atoms with Crippen LogP contribution in [0, 0.1) is 19.7 Å². The van der Waals surface area contributed by atoms with Gasteiger partial charge in [0.2, 0.25) is 0 Å². The molecule has 0 spiro atoms. The first-order valence-electron chi connectivity index (χ1n) is 14.0. The monoisotopic (exact) mass is 557 g/mol. The molecule has 0 aliphatic heterocycles. The predicted octanol–water partition coefficient (Wildman–Crippen LogP) is 7.84. The van der Waals surface area contributed by atoms with Gasteiger partial charge in [-0.2, -0.15) is 0 Å². The normalized spacial score (nSPS) is 12.5. The van der Waals surface area contributed by atoms with Crippen LogP contribution >= 0.6 is 0 Å². The molecule has 2 aromatic heterocycles. The molecule has 0 saturated heterocycles. The molecule has 1 aliphatic carbocycles. The predicted molar refractivity (Wildman–Crippen MR) is 167 cm³/mol. The molecule has 2 N–H and O–H groups in total. The lowest BCUT2D eigenvalue weighted by atomic mass is 9.90. The maximum absolute atomic E-state index is 15.5. The van der Waals surface area contributed by atoms with Gasteiger partial charge >= 0.3 is 0 Å². The Kier molecular flexibility index (Phi) is 7.75. The summed E-state index contributed by atoms with van der Waals surface area (Å²) >= 11 is 0. The lowest BCUT2D eigenvalue weighted by molar-refractivity contribution is 0.402. The van der Waals surface area contributed by atoms with E-state index in [0.29, 0.717) is 29.2 Å². The highest BCUT2D eigenvalue weighted by Crippen LogP contribution is 2.38. The van der Waals surface area contributed by atoms with Gasteiger partial charge in [0.15, 0.2) is 5.82 Å². The van der Waals surface area contributed by atoms with Gasteiger partial charge in [-0.15, -0.1) is 0 Å². The van der Waals surface area contributed by atoms with E-state index in [9.17, 15) is 0 Å². The van der Waals surface area contributed by atoms with E-state index in [1.54, 1.807) is 31.8 Å². The lowest BCUT2D eigenvalue weighted by Gasteiger charge is -2.18. The van der Waals surface area contributed by atoms with E-state index >= 15 is 4.39 Å². The first-order valence-corrected chi connectivity index (χ1v) is 14.0. The molecule has 7 heteroatoms. The molecule has 0 saturated carbocycles. The number of pyridine rings is 1. The Morgan fingerprint density at radius 1 is 0.857 bits per heavy atom. The number of halogens is 1. The molecule has 6 nitrogen and oxygen atoms in total. The van der Waals surface area contributed by atoms with Crippen LogP contribution < -0.4 is 15.4 Å². The second-order valence-electron chi connectivity index (χ2n) is 10.4. The largest absolute Gasteiger partial charge is 0.496 e. The summed E-state index contributed by atoms with van der Waals surface area (Å²) in [7, 11) is 1.59. The number of hydrogen-bond donors (Lipinski definition) is 2. The molecule has 6 rings (SSSR count). The molecule has 0 fully saturated rings. The van der Waals surface area contributed by atoms with Crippen molar-refractivity contribution in [1.29, 1.82) is 0 Å². The fraction of sp³-hybridized carbons (Fsp3) is 0.171. The average Bonchev–Trinajstić information content (AvgIpc) is 3.53. The number of ether oxygens (including phenoxy) is 1. The van der Waals surface area contributed by atoms with Crippen molar-refractivity contribution in [2.45, 2.75) is 26.8 Å². The number of anilines is 2. The van der Waals surface area contributed by atoms with Crippen LogP contribution in [0.25, 0.3) is 33.3 Å². The van der Waals surface area contributed by atoms with E-state index in [4.69, 9.17) is 4.74 Å². The van der Waals surface area contributed by atoms with Crippen LogP contribution in [0.15, 0.2) is 97.0 Å². The average molecular weight is 558 g/mol. The van der Waals surface area contributed by atoms with Crippen molar-refractivity contribution >= 4 is 22.5 Å². The van der Waals surface area contributed by atoms with Gasteiger partial charge in [0.1, 0.15) is 17.1 Å². The highest BCUT2D eigenvalue weighted by Gasteiger charge is 2.17. The van der Waals surface area contributed by atoms with Crippen LogP contribution in [0.3, 0.4) is 0 Å². The summed E-state index contributed by atoms with van der Waals surface area (Å²) in [6.07, 6.45) is 12.3. The quantitative estimate of drug-likeness (QED) is 0.192. The van der Waals surface area contributed by atoms with Gasteiger partial charge in [-0.3, -0.25) is 4.98 Å². The van der Waals surface area contributed by atoms with Gasteiger partial charge in [-0.1, -0.05) is 54.1 Å². The Balaban J connectivity index is 1.31. The molecule has 0 radical (unpaired) electrons. The standard InChI is InChI=1S/C35H32FN5O/c1-22-26(25-18-30(36)29(33(19-25)42-3)21-37-20-24-8-4-5-9-24)10-6-11-27(22)28-12-7-13-31(23(28)2)41-35-34-32(14-15-40-35)38-16-17-39-34/h4-8,10-19,37H,9,20-21H2,1-3H3,(H,40,41). The van der Waals surface area contributed by atoms with Crippen LogP contribution in [-0.2, 0) is 6.54 Å². The minimum atomic E-state index is -0.284. The number of rotatable bonds is 9. The Morgan fingerprint density at radius 3 is 2.45 bits per heavy atom. The lowest BCUT2D eigenvalue weighted by Crippen LogP contribution is -2.17. The zero-order chi connectivity index (χ0) is 29.1. The number of methoxy groups -OCH3 is 1. The van der Waals surface area contributed by atoms with Crippen LogP contribution in [0.5, 0.6) is 5.75 Å². The summed E-state index contributed by atoms with van der Waals surface area (Å²) in [5.74, 6) is 0.905. The fourth-order valence-electron chi connectivity index (χ4n) is 5.51. The molecule has 3 aromatic carbocycles. The maximum Gasteiger partial charge on any atom is 0.158 e. The molecule has 0 bridgehead atoms. The fourth-order valence-corrected chi connectivity index (χ4v) is 5.51. The Bertz CT molecular complexity index is 1840. The topological polar surface area (TPSA) is 72.0 Å². The van der Waals surface area contributed by atoms with Crippen molar-refractivity contribution in [3.63, 3.8) is 0 Å². The molecule has 210 valence electrons. The summed E-state index contributed by atoms with van der Waals surface area (Å²) < 4.78 is 21.2. The molecule has 1 aliphatic rings. The second-order valence-corrected chi connectivity index (χ2v) is 10.4. The molecule has 0 atom stereocenters. The van der Waals surface area contributed by atoms with Gasteiger partial charge in [0.25, 0.3) is 0 Å². The molecule has 0 amide bonds. The third-order valence-corrected chi connectivity index (χ3v) is 7.79. The zero-order valence-electron chi connectivity index (χ0n) is 23.9. The van der Waals surface area contributed by atoms with Crippen molar-refractivity contribution in [2.24, 2.45) is 0 Å². The summed E-state index contributed by atoms with van der Waals surface area (Å²) in [5, 5.41) is 6.81. The summed E-state index contributed by atoms with van der Waals surface area (Å²) in [6.45, 7) is 5.27. The highest BCUT2D eigenvalue weighted by molar-refractivity contribution is 5.89. The number of nitrogens with zero attached hydrogens (tertiary/aromatic N) is 3. The highest BCUT2D eigenvalue weighted by atomic mass is 19.1. The van der Waals surface area contributed by atoms with Crippen molar-refractivity contribution < 1.29 is 9.13 Å². The van der Waals surface area contributed by atoms with Gasteiger partial charge < -0.3 is 15.4 Å². The first-order chi connectivity index (χ1) is 20.5. The minimum Gasteiger partial charge on any atom is -0.496 e. The third-order valence-electron chi connectivity index (χ3n) is 7.79. The molecular formula is C35H32FN5O. The second kappa shape index (κ2) is 11.9. The van der Waals surface area contributed by atoms with E-state index in [1.807, 2.05) is 36.4 Å². The third kappa shape index (κ3) is 5.39. The van der Waals surface area contributed by atoms with Crippen LogP contribution in [0.4, 0.5) is 15.9 Å². The van der Waals surface area contributed by atoms with Crippen molar-refractivity contribution in [3.8, 4) is 28.0 Å². The van der Waals surface area contributed by atoms with Crippen molar-refractivity contribution in [2.75, 3.05) is 19.0 Å². The zero-order valence-corrected chi connectivity index (χ0v) is 23.9. The molecule has 0 unspecified atom stereocenters. The van der Waals surface area contributed by atoms with Crippen LogP contribution in [-0.4, -0.2) is 28.6 Å². The van der Waals surface area contributed by atoms with E-state index in [1.165, 1.54) is 5.57 Å². The van der Waals surface area contributed by atoms with Gasteiger partial charge in [-0.05, 0) is 77.9 Å². The van der Waals surface area contributed by atoms with E-state index in [-0.39, 0.29) is 5.82 Å². The Morgan fingerprint density at radius 2 is 1.64 bits per heavy atom. The van der Waals surface area contributed by atoms with Crippen LogP contribution in [0.1, 0.15) is 23.1 Å². The summed E-state index contributed by atoms with van der Waals surface area (Å²) in [5.41, 5.74) is 10.2. The van der Waals surface area contributed by atoms with Gasteiger partial charge in [0, 0.05) is 42.9 Å². The van der Waals surface area contributed by atoms with Crippen molar-refractivity contribution in [1.82, 2.24) is 20.3 Å². The van der Waals surface area contributed by atoms with E-state index in [0.717, 1.165) is 57.6 Å². The Labute approximate surface area is 245 Å². The smallest absolute Gasteiger partial charge is 0.158 e. The van der Waals surface area contributed by atoms with Crippen molar-refractivity contribution in [3.05, 3.63) is 119 Å². The van der Waals surface area contributed by atoms with E-state index < -0.39 is 0 Å². The number of aromatic nitrogens is 3. The SMILES string of the molecule is COc1cc(-c2cccc(-c3cccc(Nc4nccc5nccnc45)c3C)c2C)cc(F)c1CNCC1=CC=CC1. The maximum atomic E-state index is 15.5. The van der Waals surface area contributed by atoms with Gasteiger partial charge in [0.05, 0.1) is 12.6 Å². The summed E-state index contributed by atoms with van der Waals surface area (Å²) in [4.78, 5) is 13.4. The number of allylic oxidation sites excluding steroid dienone is 3.